The topological polar surface area (TPSA) is 18.8 Å². The Bertz CT molecular complexity index is 844. The zero-order chi connectivity index (χ0) is 17.9. The summed E-state index contributed by atoms with van der Waals surface area (Å²) < 4.78 is 13.7. The molecule has 0 spiro atoms. The maximum absolute atomic E-state index is 13.7. The van der Waals surface area contributed by atoms with Gasteiger partial charge in [-0.2, -0.15) is 0 Å². The van der Waals surface area contributed by atoms with Crippen molar-refractivity contribution in [3.05, 3.63) is 71.6 Å². The van der Waals surface area contributed by atoms with Gasteiger partial charge in [0.15, 0.2) is 0 Å². The molecule has 2 heterocycles. The van der Waals surface area contributed by atoms with Crippen LogP contribution in [-0.4, -0.2) is 48.4 Å². The lowest BCUT2D eigenvalue weighted by Crippen LogP contribution is -2.48. The Balaban J connectivity index is 0.00000140. The third-order valence-electron chi connectivity index (χ3n) is 5.24. The lowest BCUT2D eigenvalue weighted by atomic mass is 10.0. The number of rotatable bonds is 2. The van der Waals surface area contributed by atoms with Crippen molar-refractivity contribution in [1.29, 1.82) is 0 Å². The molecule has 0 aliphatic carbocycles. The molecule has 0 atom stereocenters. The van der Waals surface area contributed by atoms with Gasteiger partial charge in [0.05, 0.1) is 5.69 Å². The quantitative estimate of drug-likeness (QED) is 0.680. The van der Waals surface area contributed by atoms with Crippen LogP contribution in [0.2, 0.25) is 0 Å². The second kappa shape index (κ2) is 10.1. The summed E-state index contributed by atoms with van der Waals surface area (Å²) in [4.78, 5) is 9.84. The average Bonchev–Trinajstić information content (AvgIpc) is 2.88. The van der Waals surface area contributed by atoms with Crippen LogP contribution >= 0.6 is 24.8 Å². The first-order chi connectivity index (χ1) is 12.7. The van der Waals surface area contributed by atoms with Gasteiger partial charge in [-0.3, -0.25) is 0 Å². The van der Waals surface area contributed by atoms with Gasteiger partial charge in [0.25, 0.3) is 0 Å². The number of hydrogen-bond acceptors (Lipinski definition) is 3. The van der Waals surface area contributed by atoms with Crippen LogP contribution in [-0.2, 0) is 6.42 Å². The molecular weight excluding hydrogens is 396 g/mol. The minimum absolute atomic E-state index is 0. The van der Waals surface area contributed by atoms with E-state index in [9.17, 15) is 4.39 Å². The summed E-state index contributed by atoms with van der Waals surface area (Å²) in [5.74, 6) is 0.811. The number of allylic oxidation sites excluding steroid dienone is 1. The zero-order valence-corrected chi connectivity index (χ0v) is 17.6. The molecule has 2 aliphatic rings. The van der Waals surface area contributed by atoms with Gasteiger partial charge in [0.1, 0.15) is 11.7 Å². The molecule has 28 heavy (non-hydrogen) atoms. The van der Waals surface area contributed by atoms with Gasteiger partial charge in [0, 0.05) is 31.8 Å². The third-order valence-corrected chi connectivity index (χ3v) is 5.24. The Morgan fingerprint density at radius 3 is 2.36 bits per heavy atom. The highest BCUT2D eigenvalue weighted by atomic mass is 35.5. The fourth-order valence-electron chi connectivity index (χ4n) is 3.69. The van der Waals surface area contributed by atoms with Crippen LogP contribution in [0.25, 0.3) is 5.57 Å². The lowest BCUT2D eigenvalue weighted by molar-refractivity contribution is 0.191. The summed E-state index contributed by atoms with van der Waals surface area (Å²) >= 11 is 0. The van der Waals surface area contributed by atoms with E-state index in [1.54, 1.807) is 12.1 Å². The van der Waals surface area contributed by atoms with Gasteiger partial charge in [-0.1, -0.05) is 43.3 Å². The highest BCUT2D eigenvalue weighted by molar-refractivity contribution is 6.23. The van der Waals surface area contributed by atoms with E-state index in [0.717, 1.165) is 60.9 Å². The molecule has 0 N–H and O–H groups in total. The van der Waals surface area contributed by atoms with Gasteiger partial charge in [0.2, 0.25) is 0 Å². The minimum atomic E-state index is -0.200. The first-order valence-corrected chi connectivity index (χ1v) is 9.35. The Hall–Kier alpha value is -1.88. The van der Waals surface area contributed by atoms with Crippen LogP contribution in [0, 0.1) is 5.82 Å². The fraction of sp³-hybridized carbons (Fsp3) is 0.318. The third kappa shape index (κ3) is 4.75. The lowest BCUT2D eigenvalue weighted by Gasteiger charge is -2.36. The van der Waals surface area contributed by atoms with E-state index in [-0.39, 0.29) is 30.6 Å². The average molecular weight is 422 g/mol. The molecule has 150 valence electrons. The maximum Gasteiger partial charge on any atom is 0.136 e. The van der Waals surface area contributed by atoms with E-state index in [2.05, 4.69) is 47.1 Å². The molecule has 2 aromatic rings. The molecule has 0 bridgehead atoms. The molecule has 0 amide bonds. The van der Waals surface area contributed by atoms with Crippen LogP contribution < -0.4 is 0 Å². The van der Waals surface area contributed by atoms with Gasteiger partial charge in [-0.05, 0) is 42.3 Å². The minimum Gasteiger partial charge on any atom is -0.354 e. The standard InChI is InChI=1S/C22H24FN3.2ClH/c1-2-25-12-14-26(15-13-25)22-20(17-6-4-3-5-7-17)10-8-18-16-19(23)9-11-21(18)24-22;;/h3-7,9-11,16H,2,8,12-15H2,1H3;2*1H. The molecule has 2 aromatic carbocycles. The molecular formula is C22H26Cl2FN3. The van der Waals surface area contributed by atoms with Crippen LogP contribution in [0.15, 0.2) is 59.6 Å². The number of halogens is 3. The number of benzene rings is 2. The maximum atomic E-state index is 13.7. The number of piperazine rings is 1. The van der Waals surface area contributed by atoms with E-state index in [4.69, 9.17) is 4.99 Å². The molecule has 2 aliphatic heterocycles. The van der Waals surface area contributed by atoms with Gasteiger partial charge in [-0.25, -0.2) is 9.38 Å². The molecule has 4 rings (SSSR count). The Morgan fingerprint density at radius 2 is 1.68 bits per heavy atom. The second-order valence-electron chi connectivity index (χ2n) is 6.82. The number of nitrogens with zero attached hydrogens (tertiary/aromatic N) is 3. The van der Waals surface area contributed by atoms with Crippen molar-refractivity contribution in [3.8, 4) is 0 Å². The summed E-state index contributed by atoms with van der Waals surface area (Å²) in [6, 6.07) is 15.3. The Kier molecular flexibility index (Phi) is 8.05. The predicted molar refractivity (Wildman–Crippen MR) is 120 cm³/mol. The van der Waals surface area contributed by atoms with Gasteiger partial charge < -0.3 is 9.80 Å². The zero-order valence-electron chi connectivity index (χ0n) is 16.0. The van der Waals surface area contributed by atoms with Crippen LogP contribution in [0.4, 0.5) is 10.1 Å². The highest BCUT2D eigenvalue weighted by Crippen LogP contribution is 2.30. The van der Waals surface area contributed by atoms with E-state index in [1.165, 1.54) is 6.07 Å². The summed E-state index contributed by atoms with van der Waals surface area (Å²) in [6.07, 6.45) is 2.89. The number of amidine groups is 1. The second-order valence-corrected chi connectivity index (χ2v) is 6.82. The largest absolute Gasteiger partial charge is 0.354 e. The molecule has 0 saturated carbocycles. The number of hydrogen-bond donors (Lipinski definition) is 0. The summed E-state index contributed by atoms with van der Waals surface area (Å²) in [5.41, 5.74) is 4.13. The van der Waals surface area contributed by atoms with Crippen molar-refractivity contribution < 1.29 is 4.39 Å². The van der Waals surface area contributed by atoms with Crippen molar-refractivity contribution in [3.63, 3.8) is 0 Å². The van der Waals surface area contributed by atoms with Crippen LogP contribution in [0.3, 0.4) is 0 Å². The first-order valence-electron chi connectivity index (χ1n) is 9.35. The summed E-state index contributed by atoms with van der Waals surface area (Å²) in [5, 5.41) is 0. The first kappa shape index (κ1) is 22.4. The molecule has 6 heteroatoms. The van der Waals surface area contributed by atoms with E-state index >= 15 is 0 Å². The molecule has 3 nitrogen and oxygen atoms in total. The summed E-state index contributed by atoms with van der Waals surface area (Å²) in [6.45, 7) is 7.32. The molecule has 0 unspecified atom stereocenters. The SMILES string of the molecule is CCN1CCN(C2=Nc3ccc(F)cc3CC=C2c2ccccc2)CC1.Cl.Cl. The van der Waals surface area contributed by atoms with Crippen molar-refractivity contribution in [2.45, 2.75) is 13.3 Å². The highest BCUT2D eigenvalue weighted by Gasteiger charge is 2.24. The summed E-state index contributed by atoms with van der Waals surface area (Å²) in [7, 11) is 0. The van der Waals surface area contributed by atoms with E-state index in [0.29, 0.717) is 6.42 Å². The molecule has 0 aromatic heterocycles. The normalized spacial score (nSPS) is 16.7. The fourth-order valence-corrected chi connectivity index (χ4v) is 3.69. The van der Waals surface area contributed by atoms with Crippen molar-refractivity contribution in [1.82, 2.24) is 9.80 Å². The van der Waals surface area contributed by atoms with Crippen molar-refractivity contribution in [2.24, 2.45) is 4.99 Å². The van der Waals surface area contributed by atoms with Crippen LogP contribution in [0.1, 0.15) is 18.1 Å². The van der Waals surface area contributed by atoms with E-state index < -0.39 is 0 Å². The number of aliphatic imine (C=N–C) groups is 1. The smallest absolute Gasteiger partial charge is 0.136 e. The number of fused-ring (bicyclic) bond motifs is 1. The Labute approximate surface area is 178 Å². The van der Waals surface area contributed by atoms with Crippen molar-refractivity contribution in [2.75, 3.05) is 32.7 Å². The molecule has 0 radical (unpaired) electrons. The van der Waals surface area contributed by atoms with Crippen LogP contribution in [0.5, 0.6) is 0 Å². The molecule has 1 saturated heterocycles. The number of likely N-dealkylation sites (N-methyl/N-ethyl adjacent to an activating group) is 1. The molecule has 1 fully saturated rings. The monoisotopic (exact) mass is 421 g/mol. The predicted octanol–water partition coefficient (Wildman–Crippen LogP) is 4.98. The Morgan fingerprint density at radius 1 is 0.964 bits per heavy atom. The van der Waals surface area contributed by atoms with Gasteiger partial charge in [-0.15, -0.1) is 24.8 Å². The van der Waals surface area contributed by atoms with Crippen molar-refractivity contribution >= 4 is 41.9 Å². The van der Waals surface area contributed by atoms with Gasteiger partial charge >= 0.3 is 0 Å². The van der Waals surface area contributed by atoms with E-state index in [1.807, 2.05) is 6.07 Å².